The quantitative estimate of drug-likeness (QED) is 0.406. The van der Waals surface area contributed by atoms with E-state index < -0.39 is 9.84 Å². The number of benzene rings is 2. The summed E-state index contributed by atoms with van der Waals surface area (Å²) in [6, 6.07) is 14.1. The zero-order valence-corrected chi connectivity index (χ0v) is 18.6. The van der Waals surface area contributed by atoms with E-state index in [4.69, 9.17) is 0 Å². The van der Waals surface area contributed by atoms with Gasteiger partial charge in [-0.15, -0.1) is 0 Å². The standard InChI is InChI=1S/C25H24N2O3S/c1-17-14-19(3)24(15-18(17)2)31(29,30)22-8-4-20(5-9-22)6-10-23(28)21-7-11-25-26-12-13-27(25)16-21/h4-5,7-9,11-16H,6,10H2,1-3H3. The molecule has 0 fully saturated rings. The first-order valence-electron chi connectivity index (χ1n) is 10.1. The lowest BCUT2D eigenvalue weighted by Gasteiger charge is -2.11. The molecule has 0 bridgehead atoms. The van der Waals surface area contributed by atoms with Gasteiger partial charge in [0, 0.05) is 30.6 Å². The molecule has 0 saturated carbocycles. The summed E-state index contributed by atoms with van der Waals surface area (Å²) in [5.74, 6) is 0.0399. The van der Waals surface area contributed by atoms with Crippen molar-refractivity contribution in [3.8, 4) is 0 Å². The summed E-state index contributed by atoms with van der Waals surface area (Å²) in [7, 11) is -3.59. The van der Waals surface area contributed by atoms with E-state index >= 15 is 0 Å². The number of hydrogen-bond donors (Lipinski definition) is 0. The molecule has 6 heteroatoms. The molecule has 0 aliphatic rings. The number of carbonyl (C=O) groups excluding carboxylic acids is 1. The van der Waals surface area contributed by atoms with Gasteiger partial charge in [-0.25, -0.2) is 13.4 Å². The first-order chi connectivity index (χ1) is 14.8. The number of aryl methyl sites for hydroxylation is 4. The predicted octanol–water partition coefficient (Wildman–Crippen LogP) is 4.91. The molecule has 0 amide bonds. The summed E-state index contributed by atoms with van der Waals surface area (Å²) in [5.41, 5.74) is 5.12. The fourth-order valence-corrected chi connectivity index (χ4v) is 5.24. The van der Waals surface area contributed by atoms with Crippen LogP contribution in [0, 0.1) is 20.8 Å². The SMILES string of the molecule is Cc1cc(C)c(S(=O)(=O)c2ccc(CCC(=O)c3ccc4nccn4c3)cc2)cc1C. The molecule has 0 atom stereocenters. The summed E-state index contributed by atoms with van der Waals surface area (Å²) in [5, 5.41) is 0. The van der Waals surface area contributed by atoms with Crippen LogP contribution in [0.15, 0.2) is 76.9 Å². The van der Waals surface area contributed by atoms with E-state index in [9.17, 15) is 13.2 Å². The number of ketones is 1. The Morgan fingerprint density at radius 1 is 0.935 bits per heavy atom. The Bertz CT molecular complexity index is 1380. The highest BCUT2D eigenvalue weighted by Crippen LogP contribution is 2.27. The number of carbonyl (C=O) groups is 1. The van der Waals surface area contributed by atoms with Crippen LogP contribution in [0.2, 0.25) is 0 Å². The van der Waals surface area contributed by atoms with Crippen LogP contribution in [0.1, 0.15) is 39.0 Å². The monoisotopic (exact) mass is 432 g/mol. The van der Waals surface area contributed by atoms with Crippen LogP contribution < -0.4 is 0 Å². The lowest BCUT2D eigenvalue weighted by atomic mass is 10.0. The van der Waals surface area contributed by atoms with Crippen molar-refractivity contribution in [2.45, 2.75) is 43.4 Å². The lowest BCUT2D eigenvalue weighted by Crippen LogP contribution is -2.06. The van der Waals surface area contributed by atoms with E-state index in [1.54, 1.807) is 48.8 Å². The zero-order chi connectivity index (χ0) is 22.2. The van der Waals surface area contributed by atoms with Crippen molar-refractivity contribution in [2.75, 3.05) is 0 Å². The molecule has 2 heterocycles. The number of pyridine rings is 1. The van der Waals surface area contributed by atoms with E-state index in [0.717, 1.165) is 27.9 Å². The molecule has 0 aliphatic carbocycles. The molecule has 4 aromatic rings. The maximum Gasteiger partial charge on any atom is 0.206 e. The van der Waals surface area contributed by atoms with Gasteiger partial charge in [0.15, 0.2) is 5.78 Å². The summed E-state index contributed by atoms with van der Waals surface area (Å²) < 4.78 is 28.0. The lowest BCUT2D eigenvalue weighted by molar-refractivity contribution is 0.0982. The maximum atomic E-state index is 13.1. The molecule has 0 radical (unpaired) electrons. The van der Waals surface area contributed by atoms with Crippen LogP contribution in [0.4, 0.5) is 0 Å². The van der Waals surface area contributed by atoms with Crippen molar-refractivity contribution in [1.82, 2.24) is 9.38 Å². The minimum absolute atomic E-state index is 0.0399. The van der Waals surface area contributed by atoms with Gasteiger partial charge in [-0.05, 0) is 79.8 Å². The number of sulfone groups is 1. The van der Waals surface area contributed by atoms with E-state index in [2.05, 4.69) is 4.98 Å². The summed E-state index contributed by atoms with van der Waals surface area (Å²) in [4.78, 5) is 17.3. The molecule has 0 N–H and O–H groups in total. The number of hydrogen-bond acceptors (Lipinski definition) is 4. The minimum atomic E-state index is -3.59. The summed E-state index contributed by atoms with van der Waals surface area (Å²) in [6.07, 6.45) is 6.18. The third kappa shape index (κ3) is 4.16. The Morgan fingerprint density at radius 3 is 2.39 bits per heavy atom. The van der Waals surface area contributed by atoms with Gasteiger partial charge >= 0.3 is 0 Å². The molecule has 5 nitrogen and oxygen atoms in total. The molecule has 31 heavy (non-hydrogen) atoms. The summed E-state index contributed by atoms with van der Waals surface area (Å²) >= 11 is 0. The molecule has 0 spiro atoms. The van der Waals surface area contributed by atoms with Gasteiger partial charge in [-0.2, -0.15) is 0 Å². The number of rotatable bonds is 6. The molecule has 0 aliphatic heterocycles. The van der Waals surface area contributed by atoms with Gasteiger partial charge in [0.25, 0.3) is 0 Å². The Balaban J connectivity index is 1.49. The van der Waals surface area contributed by atoms with Crippen LogP contribution in [0.25, 0.3) is 5.65 Å². The average molecular weight is 433 g/mol. The highest BCUT2D eigenvalue weighted by molar-refractivity contribution is 7.91. The second-order valence-corrected chi connectivity index (χ2v) is 9.80. The topological polar surface area (TPSA) is 68.5 Å². The molecule has 4 rings (SSSR count). The Morgan fingerprint density at radius 2 is 1.65 bits per heavy atom. The predicted molar refractivity (Wildman–Crippen MR) is 120 cm³/mol. The van der Waals surface area contributed by atoms with Crippen LogP contribution in [-0.4, -0.2) is 23.6 Å². The van der Waals surface area contributed by atoms with Crippen LogP contribution in [0.3, 0.4) is 0 Å². The van der Waals surface area contributed by atoms with Crippen molar-refractivity contribution in [2.24, 2.45) is 0 Å². The van der Waals surface area contributed by atoms with Gasteiger partial charge in [-0.1, -0.05) is 18.2 Å². The third-order valence-electron chi connectivity index (χ3n) is 5.67. The smallest absolute Gasteiger partial charge is 0.206 e. The fourth-order valence-electron chi connectivity index (χ4n) is 3.67. The van der Waals surface area contributed by atoms with E-state index in [1.165, 1.54) is 0 Å². The van der Waals surface area contributed by atoms with Gasteiger partial charge < -0.3 is 4.40 Å². The maximum absolute atomic E-state index is 13.1. The Labute approximate surface area is 182 Å². The zero-order valence-electron chi connectivity index (χ0n) is 17.8. The van der Waals surface area contributed by atoms with Gasteiger partial charge in [-0.3, -0.25) is 4.79 Å². The Hall–Kier alpha value is -3.25. The van der Waals surface area contributed by atoms with Crippen LogP contribution in [-0.2, 0) is 16.3 Å². The second kappa shape index (κ2) is 8.12. The van der Waals surface area contributed by atoms with E-state index in [0.29, 0.717) is 23.3 Å². The first-order valence-corrected chi connectivity index (χ1v) is 11.6. The van der Waals surface area contributed by atoms with Crippen molar-refractivity contribution >= 4 is 21.3 Å². The van der Waals surface area contributed by atoms with Gasteiger partial charge in [0.1, 0.15) is 5.65 Å². The molecule has 2 aromatic carbocycles. The molecule has 2 aromatic heterocycles. The van der Waals surface area contributed by atoms with E-state index in [-0.39, 0.29) is 10.7 Å². The van der Waals surface area contributed by atoms with Crippen molar-refractivity contribution in [1.29, 1.82) is 0 Å². The molecule has 0 saturated heterocycles. The Kier molecular flexibility index (Phi) is 5.50. The normalized spacial score (nSPS) is 11.7. The average Bonchev–Trinajstić information content (AvgIpc) is 3.22. The van der Waals surface area contributed by atoms with E-state index in [1.807, 2.05) is 43.5 Å². The van der Waals surface area contributed by atoms with Crippen molar-refractivity contribution < 1.29 is 13.2 Å². The molecule has 0 unspecified atom stereocenters. The molecular weight excluding hydrogens is 408 g/mol. The fraction of sp³-hybridized carbons (Fsp3) is 0.200. The van der Waals surface area contributed by atoms with Gasteiger partial charge in [0.2, 0.25) is 9.84 Å². The number of imidazole rings is 1. The summed E-state index contributed by atoms with van der Waals surface area (Å²) in [6.45, 7) is 5.71. The molecular formula is C25H24N2O3S. The van der Waals surface area contributed by atoms with Gasteiger partial charge in [0.05, 0.1) is 9.79 Å². The van der Waals surface area contributed by atoms with Crippen LogP contribution >= 0.6 is 0 Å². The molecule has 158 valence electrons. The van der Waals surface area contributed by atoms with Crippen LogP contribution in [0.5, 0.6) is 0 Å². The minimum Gasteiger partial charge on any atom is -0.306 e. The number of fused-ring (bicyclic) bond motifs is 1. The van der Waals surface area contributed by atoms with Crippen molar-refractivity contribution in [3.63, 3.8) is 0 Å². The van der Waals surface area contributed by atoms with Crippen molar-refractivity contribution in [3.05, 3.63) is 94.9 Å². The second-order valence-electron chi connectivity index (χ2n) is 7.88. The number of Topliss-reactive ketones (excluding diaryl/α,β-unsaturated/α-hetero) is 1. The number of aromatic nitrogens is 2. The first kappa shape index (κ1) is 21.0. The largest absolute Gasteiger partial charge is 0.306 e. The highest BCUT2D eigenvalue weighted by atomic mass is 32.2. The number of nitrogens with zero attached hydrogens (tertiary/aromatic N) is 2. The highest BCUT2D eigenvalue weighted by Gasteiger charge is 2.20. The third-order valence-corrected chi connectivity index (χ3v) is 7.58.